The summed E-state index contributed by atoms with van der Waals surface area (Å²) in [5, 5.41) is 7.07. The molecule has 0 aliphatic carbocycles. The van der Waals surface area contributed by atoms with Crippen molar-refractivity contribution in [3.8, 4) is 0 Å². The average molecular weight is 448 g/mol. The van der Waals surface area contributed by atoms with Crippen molar-refractivity contribution in [1.29, 1.82) is 0 Å². The van der Waals surface area contributed by atoms with Crippen LogP contribution in [0.2, 0.25) is 0 Å². The molecule has 1 N–H and O–H groups in total. The molecule has 10 nitrogen and oxygen atoms in total. The van der Waals surface area contributed by atoms with Crippen LogP contribution in [0.5, 0.6) is 0 Å². The van der Waals surface area contributed by atoms with E-state index in [1.165, 1.54) is 0 Å². The van der Waals surface area contributed by atoms with Gasteiger partial charge < -0.3 is 19.9 Å². The lowest BCUT2D eigenvalue weighted by molar-refractivity contribution is 0.0746. The van der Waals surface area contributed by atoms with Crippen molar-refractivity contribution in [3.05, 3.63) is 71.2 Å². The van der Waals surface area contributed by atoms with Crippen LogP contribution in [-0.4, -0.2) is 58.3 Å². The zero-order chi connectivity index (χ0) is 23.5. The molecule has 0 saturated heterocycles. The van der Waals surface area contributed by atoms with Crippen LogP contribution < -0.4 is 10.2 Å². The number of nitrogens with one attached hydrogen (secondary N) is 1. The molecule has 170 valence electrons. The van der Waals surface area contributed by atoms with Gasteiger partial charge in [-0.3, -0.25) is 14.6 Å². The zero-order valence-electron chi connectivity index (χ0n) is 18.6. The molecule has 0 bridgehead atoms. The summed E-state index contributed by atoms with van der Waals surface area (Å²) in [5.74, 6) is -0.346. The fourth-order valence-corrected chi connectivity index (χ4v) is 3.59. The minimum Gasteiger partial charge on any atom is -0.448 e. The molecule has 0 saturated carbocycles. The smallest absolute Gasteiger partial charge is 0.435 e. The molecular weight excluding hydrogens is 424 g/mol. The normalized spacial score (nSPS) is 12.3. The highest BCUT2D eigenvalue weighted by molar-refractivity contribution is 6.04. The first-order chi connectivity index (χ1) is 15.9. The van der Waals surface area contributed by atoms with E-state index in [0.29, 0.717) is 22.4 Å². The molecule has 1 aromatic carbocycles. The van der Waals surface area contributed by atoms with Gasteiger partial charge in [0.1, 0.15) is 0 Å². The number of benzene rings is 1. The standard InChI is InChI=1S/C23H24N6O4/c1-4-33-23(32)29-19-14-28(22(31)16-9-11-24-12-10-16)13-18(19)20(26-29)25-21(30)15-5-7-17(8-6-15)27(2)3/h5-12H,4,13-14H2,1-3H3,(H,25,26,30). The predicted molar refractivity (Wildman–Crippen MR) is 121 cm³/mol. The number of aromatic nitrogens is 3. The number of anilines is 2. The predicted octanol–water partition coefficient (Wildman–Crippen LogP) is 2.76. The Morgan fingerprint density at radius 2 is 1.73 bits per heavy atom. The molecule has 3 heterocycles. The Morgan fingerprint density at radius 3 is 2.36 bits per heavy atom. The van der Waals surface area contributed by atoms with Crippen LogP contribution in [0.3, 0.4) is 0 Å². The van der Waals surface area contributed by atoms with Gasteiger partial charge in [0.15, 0.2) is 5.82 Å². The molecule has 0 unspecified atom stereocenters. The van der Waals surface area contributed by atoms with Crippen LogP contribution in [0.15, 0.2) is 48.8 Å². The van der Waals surface area contributed by atoms with E-state index in [1.54, 1.807) is 48.5 Å². The Balaban J connectivity index is 1.61. The largest absolute Gasteiger partial charge is 0.448 e. The second-order valence-electron chi connectivity index (χ2n) is 7.68. The van der Waals surface area contributed by atoms with Gasteiger partial charge in [0, 0.05) is 48.9 Å². The third-order valence-electron chi connectivity index (χ3n) is 5.31. The van der Waals surface area contributed by atoms with Crippen molar-refractivity contribution in [2.45, 2.75) is 20.0 Å². The van der Waals surface area contributed by atoms with Crippen LogP contribution >= 0.6 is 0 Å². The molecule has 2 amide bonds. The van der Waals surface area contributed by atoms with E-state index < -0.39 is 6.09 Å². The molecule has 2 aromatic heterocycles. The van der Waals surface area contributed by atoms with Gasteiger partial charge in [-0.05, 0) is 43.3 Å². The van der Waals surface area contributed by atoms with E-state index in [0.717, 1.165) is 10.4 Å². The fraction of sp³-hybridized carbons (Fsp3) is 0.261. The number of fused-ring (bicyclic) bond motifs is 1. The van der Waals surface area contributed by atoms with Crippen molar-refractivity contribution in [2.24, 2.45) is 0 Å². The average Bonchev–Trinajstić information content (AvgIpc) is 3.40. The molecule has 0 spiro atoms. The first-order valence-electron chi connectivity index (χ1n) is 10.4. The van der Waals surface area contributed by atoms with Crippen LogP contribution in [-0.2, 0) is 17.8 Å². The first kappa shape index (κ1) is 22.0. The summed E-state index contributed by atoms with van der Waals surface area (Å²) in [6.45, 7) is 2.23. The molecule has 0 atom stereocenters. The van der Waals surface area contributed by atoms with Gasteiger partial charge in [-0.25, -0.2) is 4.79 Å². The summed E-state index contributed by atoms with van der Waals surface area (Å²) < 4.78 is 6.22. The maximum absolute atomic E-state index is 12.9. The molecule has 1 aliphatic rings. The molecular formula is C23H24N6O4. The lowest BCUT2D eigenvalue weighted by atomic mass is 10.2. The molecule has 33 heavy (non-hydrogen) atoms. The monoisotopic (exact) mass is 448 g/mol. The van der Waals surface area contributed by atoms with Crippen LogP contribution in [0.25, 0.3) is 0 Å². The van der Waals surface area contributed by atoms with Crippen molar-refractivity contribution in [1.82, 2.24) is 19.7 Å². The number of carbonyl (C=O) groups is 3. The van der Waals surface area contributed by atoms with E-state index in [2.05, 4.69) is 15.4 Å². The topological polar surface area (TPSA) is 110 Å². The maximum Gasteiger partial charge on any atom is 0.435 e. The summed E-state index contributed by atoms with van der Waals surface area (Å²) in [4.78, 5) is 45.7. The van der Waals surface area contributed by atoms with E-state index in [4.69, 9.17) is 4.74 Å². The number of carbonyl (C=O) groups excluding carboxylic acids is 3. The van der Waals surface area contributed by atoms with Crippen LogP contribution in [0.4, 0.5) is 16.3 Å². The molecule has 0 fully saturated rings. The number of hydrogen-bond acceptors (Lipinski definition) is 7. The van der Waals surface area contributed by atoms with Gasteiger partial charge in [-0.15, -0.1) is 5.10 Å². The second kappa shape index (κ2) is 9.11. The van der Waals surface area contributed by atoms with Crippen molar-refractivity contribution in [2.75, 3.05) is 30.9 Å². The molecule has 10 heteroatoms. The Hall–Kier alpha value is -4.21. The summed E-state index contributed by atoms with van der Waals surface area (Å²) in [7, 11) is 3.83. The lowest BCUT2D eigenvalue weighted by Crippen LogP contribution is -2.27. The highest BCUT2D eigenvalue weighted by Gasteiger charge is 2.34. The summed E-state index contributed by atoms with van der Waals surface area (Å²) in [6, 6.07) is 10.4. The van der Waals surface area contributed by atoms with E-state index in [9.17, 15) is 14.4 Å². The SMILES string of the molecule is CCOC(=O)n1nc(NC(=O)c2ccc(N(C)C)cc2)c2c1CN(C(=O)c1ccncc1)C2. The Labute approximate surface area is 190 Å². The van der Waals surface area contributed by atoms with Crippen molar-refractivity contribution < 1.29 is 19.1 Å². The highest BCUT2D eigenvalue weighted by Crippen LogP contribution is 2.31. The number of amides is 2. The fourth-order valence-electron chi connectivity index (χ4n) is 3.59. The van der Waals surface area contributed by atoms with Gasteiger partial charge in [-0.2, -0.15) is 4.68 Å². The number of pyridine rings is 1. The van der Waals surface area contributed by atoms with Crippen molar-refractivity contribution in [3.63, 3.8) is 0 Å². The minimum absolute atomic E-state index is 0.162. The van der Waals surface area contributed by atoms with Crippen LogP contribution in [0.1, 0.15) is 38.9 Å². The third-order valence-corrected chi connectivity index (χ3v) is 5.31. The zero-order valence-corrected chi connectivity index (χ0v) is 18.6. The summed E-state index contributed by atoms with van der Waals surface area (Å²) in [6.07, 6.45) is 2.43. The Bertz CT molecular complexity index is 1190. The minimum atomic E-state index is -0.664. The quantitative estimate of drug-likeness (QED) is 0.639. The summed E-state index contributed by atoms with van der Waals surface area (Å²) in [5.41, 5.74) is 3.00. The van der Waals surface area contributed by atoms with E-state index in [-0.39, 0.29) is 37.3 Å². The molecule has 3 aromatic rings. The molecule has 4 rings (SSSR count). The number of ether oxygens (including phenoxy) is 1. The van der Waals surface area contributed by atoms with Crippen LogP contribution in [0, 0.1) is 0 Å². The van der Waals surface area contributed by atoms with Gasteiger partial charge in [0.05, 0.1) is 25.4 Å². The van der Waals surface area contributed by atoms with Gasteiger partial charge in [-0.1, -0.05) is 0 Å². The molecule has 0 radical (unpaired) electrons. The first-order valence-corrected chi connectivity index (χ1v) is 10.4. The van der Waals surface area contributed by atoms with E-state index in [1.807, 2.05) is 31.1 Å². The Morgan fingerprint density at radius 1 is 1.03 bits per heavy atom. The molecule has 1 aliphatic heterocycles. The van der Waals surface area contributed by atoms with Gasteiger partial charge in [0.2, 0.25) is 0 Å². The van der Waals surface area contributed by atoms with Crippen molar-refractivity contribution >= 4 is 29.4 Å². The number of hydrogen-bond donors (Lipinski definition) is 1. The third kappa shape index (κ3) is 4.40. The Kier molecular flexibility index (Phi) is 6.07. The van der Waals surface area contributed by atoms with E-state index >= 15 is 0 Å². The highest BCUT2D eigenvalue weighted by atomic mass is 16.6. The summed E-state index contributed by atoms with van der Waals surface area (Å²) >= 11 is 0. The second-order valence-corrected chi connectivity index (χ2v) is 7.68. The van der Waals surface area contributed by atoms with Gasteiger partial charge in [0.25, 0.3) is 11.8 Å². The number of rotatable bonds is 5. The lowest BCUT2D eigenvalue weighted by Gasteiger charge is -2.16. The van der Waals surface area contributed by atoms with Gasteiger partial charge >= 0.3 is 6.09 Å². The number of nitrogens with zero attached hydrogens (tertiary/aromatic N) is 5. The maximum atomic E-state index is 12.9.